The molecule has 1 aromatic carbocycles. The van der Waals surface area contributed by atoms with Crippen molar-refractivity contribution in [1.82, 2.24) is 10.2 Å². The molecule has 0 aliphatic carbocycles. The zero-order chi connectivity index (χ0) is 14.9. The van der Waals surface area contributed by atoms with Crippen LogP contribution in [-0.2, 0) is 6.54 Å². The van der Waals surface area contributed by atoms with E-state index in [1.54, 1.807) is 0 Å². The van der Waals surface area contributed by atoms with Gasteiger partial charge < -0.3 is 10.2 Å². The average Bonchev–Trinajstić information content (AvgIpc) is 3.00. The van der Waals surface area contributed by atoms with Crippen LogP contribution in [0, 0.1) is 0 Å². The number of nitrogens with one attached hydrogen (secondary N) is 1. The van der Waals surface area contributed by atoms with E-state index in [0.717, 1.165) is 26.2 Å². The lowest BCUT2D eigenvalue weighted by molar-refractivity contribution is 0.287. The number of thiophene rings is 1. The molecule has 0 atom stereocenters. The van der Waals surface area contributed by atoms with Gasteiger partial charge in [-0.1, -0.05) is 44.2 Å². The van der Waals surface area contributed by atoms with Gasteiger partial charge in [-0.15, -0.1) is 11.3 Å². The first kappa shape index (κ1) is 16.2. The van der Waals surface area contributed by atoms with E-state index in [9.17, 15) is 0 Å². The maximum atomic E-state index is 3.56. The van der Waals surface area contributed by atoms with Gasteiger partial charge in [-0.3, -0.25) is 0 Å². The summed E-state index contributed by atoms with van der Waals surface area (Å²) >= 11 is 1.88. The van der Waals surface area contributed by atoms with Crippen molar-refractivity contribution in [1.29, 1.82) is 0 Å². The van der Waals surface area contributed by atoms with Crippen molar-refractivity contribution in [3.05, 3.63) is 47.3 Å². The second kappa shape index (κ2) is 8.98. The van der Waals surface area contributed by atoms with Crippen LogP contribution < -0.4 is 5.32 Å². The van der Waals surface area contributed by atoms with Crippen LogP contribution in [0.3, 0.4) is 0 Å². The lowest BCUT2D eigenvalue weighted by Crippen LogP contribution is -2.32. The van der Waals surface area contributed by atoms with Gasteiger partial charge in [0.05, 0.1) is 0 Å². The van der Waals surface area contributed by atoms with Crippen LogP contribution in [0.15, 0.2) is 42.5 Å². The molecule has 1 heterocycles. The number of rotatable bonds is 9. The van der Waals surface area contributed by atoms with E-state index in [-0.39, 0.29) is 0 Å². The third-order valence-electron chi connectivity index (χ3n) is 3.61. The molecule has 0 aliphatic rings. The first-order valence-corrected chi connectivity index (χ1v) is 8.72. The molecule has 0 aliphatic heterocycles. The van der Waals surface area contributed by atoms with Gasteiger partial charge in [-0.05, 0) is 37.2 Å². The number of likely N-dealkylation sites (N-methyl/N-ethyl adjacent to an activating group) is 1. The van der Waals surface area contributed by atoms with E-state index in [1.165, 1.54) is 28.3 Å². The molecule has 1 aromatic heterocycles. The standard InChI is InChI=1S/C18H26N2S/c1-3-13-20(4-2)14-12-19-15-17-10-11-18(21-17)16-8-6-5-7-9-16/h5-11,19H,3-4,12-15H2,1-2H3. The minimum absolute atomic E-state index is 0.973. The number of nitrogens with zero attached hydrogens (tertiary/aromatic N) is 1. The van der Waals surface area contributed by atoms with Crippen molar-refractivity contribution >= 4 is 11.3 Å². The predicted octanol–water partition coefficient (Wildman–Crippen LogP) is 4.24. The number of hydrogen-bond donors (Lipinski definition) is 1. The highest BCUT2D eigenvalue weighted by Gasteiger charge is 2.03. The summed E-state index contributed by atoms with van der Waals surface area (Å²) in [5.74, 6) is 0. The van der Waals surface area contributed by atoms with Gasteiger partial charge in [0.1, 0.15) is 0 Å². The second-order valence-corrected chi connectivity index (χ2v) is 6.41. The van der Waals surface area contributed by atoms with E-state index in [1.807, 2.05) is 11.3 Å². The van der Waals surface area contributed by atoms with Gasteiger partial charge in [0, 0.05) is 29.4 Å². The Kier molecular flexibility index (Phi) is 6.93. The lowest BCUT2D eigenvalue weighted by atomic mass is 10.2. The minimum atomic E-state index is 0.973. The average molecular weight is 302 g/mol. The highest BCUT2D eigenvalue weighted by molar-refractivity contribution is 7.15. The van der Waals surface area contributed by atoms with E-state index in [0.29, 0.717) is 0 Å². The van der Waals surface area contributed by atoms with Crippen LogP contribution in [0.2, 0.25) is 0 Å². The zero-order valence-corrected chi connectivity index (χ0v) is 14.0. The quantitative estimate of drug-likeness (QED) is 0.697. The van der Waals surface area contributed by atoms with Crippen molar-refractivity contribution in [2.24, 2.45) is 0 Å². The Hall–Kier alpha value is -1.16. The molecule has 0 saturated carbocycles. The summed E-state index contributed by atoms with van der Waals surface area (Å²) in [6.07, 6.45) is 1.24. The summed E-state index contributed by atoms with van der Waals surface area (Å²) < 4.78 is 0. The maximum Gasteiger partial charge on any atom is 0.0346 e. The Balaban J connectivity index is 1.76. The monoisotopic (exact) mass is 302 g/mol. The Morgan fingerprint density at radius 2 is 1.81 bits per heavy atom. The van der Waals surface area contributed by atoms with Crippen molar-refractivity contribution < 1.29 is 0 Å². The molecule has 0 bridgehead atoms. The van der Waals surface area contributed by atoms with Gasteiger partial charge in [0.2, 0.25) is 0 Å². The molecule has 2 aromatic rings. The largest absolute Gasteiger partial charge is 0.311 e. The summed E-state index contributed by atoms with van der Waals surface area (Å²) in [5, 5.41) is 3.56. The lowest BCUT2D eigenvalue weighted by Gasteiger charge is -2.19. The van der Waals surface area contributed by atoms with Gasteiger partial charge in [0.15, 0.2) is 0 Å². The highest BCUT2D eigenvalue weighted by Crippen LogP contribution is 2.27. The summed E-state index contributed by atoms with van der Waals surface area (Å²) in [5.41, 5.74) is 1.31. The Morgan fingerprint density at radius 3 is 2.52 bits per heavy atom. The minimum Gasteiger partial charge on any atom is -0.311 e. The van der Waals surface area contributed by atoms with Crippen LogP contribution in [-0.4, -0.2) is 31.1 Å². The Morgan fingerprint density at radius 1 is 1.00 bits per heavy atom. The molecule has 0 fully saturated rings. The molecule has 3 heteroatoms. The van der Waals surface area contributed by atoms with Crippen LogP contribution >= 0.6 is 11.3 Å². The highest BCUT2D eigenvalue weighted by atomic mass is 32.1. The molecule has 0 amide bonds. The first-order valence-electron chi connectivity index (χ1n) is 7.90. The molecule has 114 valence electrons. The topological polar surface area (TPSA) is 15.3 Å². The van der Waals surface area contributed by atoms with E-state index < -0.39 is 0 Å². The van der Waals surface area contributed by atoms with E-state index in [4.69, 9.17) is 0 Å². The fraction of sp³-hybridized carbons (Fsp3) is 0.444. The second-order valence-electron chi connectivity index (χ2n) is 5.24. The molecule has 2 nitrogen and oxygen atoms in total. The Bertz CT molecular complexity index is 507. The van der Waals surface area contributed by atoms with Gasteiger partial charge in [-0.25, -0.2) is 0 Å². The zero-order valence-electron chi connectivity index (χ0n) is 13.1. The van der Waals surface area contributed by atoms with Crippen molar-refractivity contribution in [2.75, 3.05) is 26.2 Å². The van der Waals surface area contributed by atoms with Gasteiger partial charge >= 0.3 is 0 Å². The molecule has 0 radical (unpaired) electrons. The fourth-order valence-electron chi connectivity index (χ4n) is 2.42. The van der Waals surface area contributed by atoms with E-state index >= 15 is 0 Å². The SMILES string of the molecule is CCCN(CC)CCNCc1ccc(-c2ccccc2)s1. The number of hydrogen-bond acceptors (Lipinski definition) is 3. The summed E-state index contributed by atoms with van der Waals surface area (Å²) in [6.45, 7) is 10.0. The van der Waals surface area contributed by atoms with Gasteiger partial charge in [-0.2, -0.15) is 0 Å². The molecular formula is C18H26N2S. The van der Waals surface area contributed by atoms with Crippen molar-refractivity contribution in [2.45, 2.75) is 26.8 Å². The normalized spacial score (nSPS) is 11.2. The van der Waals surface area contributed by atoms with E-state index in [2.05, 4.69) is 66.5 Å². The van der Waals surface area contributed by atoms with Crippen LogP contribution in [0.1, 0.15) is 25.1 Å². The fourth-order valence-corrected chi connectivity index (χ4v) is 3.41. The van der Waals surface area contributed by atoms with Crippen LogP contribution in [0.25, 0.3) is 10.4 Å². The first-order chi connectivity index (χ1) is 10.3. The third kappa shape index (κ3) is 5.27. The number of benzene rings is 1. The smallest absolute Gasteiger partial charge is 0.0346 e. The summed E-state index contributed by atoms with van der Waals surface area (Å²) in [6, 6.07) is 15.1. The molecule has 0 saturated heterocycles. The molecule has 0 spiro atoms. The summed E-state index contributed by atoms with van der Waals surface area (Å²) in [7, 11) is 0. The summed E-state index contributed by atoms with van der Waals surface area (Å²) in [4.78, 5) is 5.26. The van der Waals surface area contributed by atoms with Crippen molar-refractivity contribution in [3.63, 3.8) is 0 Å². The molecule has 0 unspecified atom stereocenters. The van der Waals surface area contributed by atoms with Crippen molar-refractivity contribution in [3.8, 4) is 10.4 Å². The Labute approximate surface area is 132 Å². The predicted molar refractivity (Wildman–Crippen MR) is 93.9 cm³/mol. The van der Waals surface area contributed by atoms with Crippen LogP contribution in [0.5, 0.6) is 0 Å². The molecular weight excluding hydrogens is 276 g/mol. The third-order valence-corrected chi connectivity index (χ3v) is 4.75. The molecule has 1 N–H and O–H groups in total. The molecule has 21 heavy (non-hydrogen) atoms. The maximum absolute atomic E-state index is 3.56. The van der Waals surface area contributed by atoms with Crippen LogP contribution in [0.4, 0.5) is 0 Å². The van der Waals surface area contributed by atoms with Gasteiger partial charge in [0.25, 0.3) is 0 Å². The molecule has 2 rings (SSSR count).